The lowest BCUT2D eigenvalue weighted by Gasteiger charge is -2.26. The number of nitrogens with zero attached hydrogens (tertiary/aromatic N) is 3. The van der Waals surface area contributed by atoms with Gasteiger partial charge in [0.1, 0.15) is 5.82 Å². The van der Waals surface area contributed by atoms with Crippen molar-refractivity contribution >= 4 is 5.91 Å². The largest absolute Gasteiger partial charge is 0.381 e. The van der Waals surface area contributed by atoms with Gasteiger partial charge in [0.05, 0.1) is 0 Å². The number of ether oxygens (including phenoxy) is 1. The molecule has 1 unspecified atom stereocenters. The first-order chi connectivity index (χ1) is 12.7. The van der Waals surface area contributed by atoms with Crippen molar-refractivity contribution in [1.82, 2.24) is 15.0 Å². The first-order valence-electron chi connectivity index (χ1n) is 9.14. The summed E-state index contributed by atoms with van der Waals surface area (Å²) in [5.41, 5.74) is 0.702. The molecule has 0 bridgehead atoms. The van der Waals surface area contributed by atoms with Crippen molar-refractivity contribution in [3.05, 3.63) is 35.9 Å². The minimum Gasteiger partial charge on any atom is -0.381 e. The molecule has 2 aliphatic rings. The van der Waals surface area contributed by atoms with Crippen LogP contribution < -0.4 is 0 Å². The van der Waals surface area contributed by atoms with E-state index >= 15 is 0 Å². The van der Waals surface area contributed by atoms with E-state index in [0.29, 0.717) is 42.8 Å². The Kier molecular flexibility index (Phi) is 4.97. The molecule has 4 rings (SSSR count). The van der Waals surface area contributed by atoms with Gasteiger partial charge in [0, 0.05) is 44.2 Å². The van der Waals surface area contributed by atoms with Crippen LogP contribution in [0.1, 0.15) is 25.1 Å². The lowest BCUT2D eigenvalue weighted by molar-refractivity contribution is -0.137. The van der Waals surface area contributed by atoms with Crippen LogP contribution >= 0.6 is 0 Å². The summed E-state index contributed by atoms with van der Waals surface area (Å²) in [6.07, 6.45) is 3.29. The second-order valence-electron chi connectivity index (χ2n) is 7.05. The zero-order valence-electron chi connectivity index (χ0n) is 14.6. The van der Waals surface area contributed by atoms with Gasteiger partial charge >= 0.3 is 0 Å². The third-order valence-electron chi connectivity index (χ3n) is 5.20. The Balaban J connectivity index is 1.34. The van der Waals surface area contributed by atoms with Gasteiger partial charge in [-0.1, -0.05) is 5.16 Å². The van der Waals surface area contributed by atoms with Crippen LogP contribution in [-0.2, 0) is 16.0 Å². The van der Waals surface area contributed by atoms with Crippen molar-refractivity contribution in [2.45, 2.75) is 25.7 Å². The maximum atomic E-state index is 13.0. The Morgan fingerprint density at radius 3 is 2.73 bits per heavy atom. The van der Waals surface area contributed by atoms with Crippen molar-refractivity contribution in [2.75, 3.05) is 26.3 Å². The molecule has 138 valence electrons. The molecule has 2 saturated heterocycles. The van der Waals surface area contributed by atoms with Crippen LogP contribution in [0.3, 0.4) is 0 Å². The van der Waals surface area contributed by atoms with Gasteiger partial charge in [-0.25, -0.2) is 4.39 Å². The van der Waals surface area contributed by atoms with E-state index in [1.54, 1.807) is 12.1 Å². The molecule has 0 aliphatic carbocycles. The highest BCUT2D eigenvalue weighted by molar-refractivity contribution is 5.79. The quantitative estimate of drug-likeness (QED) is 0.840. The fraction of sp³-hybridized carbons (Fsp3) is 0.526. The zero-order chi connectivity index (χ0) is 17.9. The van der Waals surface area contributed by atoms with E-state index < -0.39 is 0 Å². The molecule has 1 aromatic carbocycles. The number of halogens is 1. The summed E-state index contributed by atoms with van der Waals surface area (Å²) in [6.45, 7) is 2.91. The van der Waals surface area contributed by atoms with Gasteiger partial charge in [-0.05, 0) is 49.4 Å². The van der Waals surface area contributed by atoms with Crippen LogP contribution in [0.15, 0.2) is 28.8 Å². The van der Waals surface area contributed by atoms with Crippen LogP contribution in [0.5, 0.6) is 0 Å². The van der Waals surface area contributed by atoms with Crippen molar-refractivity contribution in [2.24, 2.45) is 11.8 Å². The smallest absolute Gasteiger partial charge is 0.257 e. The Hall–Kier alpha value is -2.28. The van der Waals surface area contributed by atoms with Crippen molar-refractivity contribution in [3.63, 3.8) is 0 Å². The lowest BCUT2D eigenvalue weighted by Crippen LogP contribution is -2.37. The molecule has 0 N–H and O–H groups in total. The predicted molar refractivity (Wildman–Crippen MR) is 91.6 cm³/mol. The number of likely N-dealkylation sites (tertiary alicyclic amines) is 1. The summed E-state index contributed by atoms with van der Waals surface area (Å²) in [4.78, 5) is 19.0. The highest BCUT2D eigenvalue weighted by atomic mass is 19.1. The number of carbonyl (C=O) groups excluding carboxylic acids is 1. The summed E-state index contributed by atoms with van der Waals surface area (Å²) in [7, 11) is 0. The first kappa shape index (κ1) is 17.1. The molecule has 2 fully saturated rings. The highest BCUT2D eigenvalue weighted by Crippen LogP contribution is 2.25. The third-order valence-corrected chi connectivity index (χ3v) is 5.20. The number of rotatable bonds is 4. The van der Waals surface area contributed by atoms with Crippen molar-refractivity contribution in [3.8, 4) is 11.5 Å². The van der Waals surface area contributed by atoms with Gasteiger partial charge in [-0.2, -0.15) is 4.98 Å². The van der Waals surface area contributed by atoms with Gasteiger partial charge in [-0.3, -0.25) is 4.79 Å². The number of aromatic nitrogens is 2. The third kappa shape index (κ3) is 3.77. The van der Waals surface area contributed by atoms with Crippen LogP contribution in [0.4, 0.5) is 4.39 Å². The number of hydrogen-bond donors (Lipinski definition) is 0. The van der Waals surface area contributed by atoms with E-state index in [1.807, 2.05) is 4.90 Å². The monoisotopic (exact) mass is 359 g/mol. The summed E-state index contributed by atoms with van der Waals surface area (Å²) in [5, 5.41) is 4.04. The van der Waals surface area contributed by atoms with Crippen molar-refractivity contribution < 1.29 is 18.4 Å². The minimum atomic E-state index is -0.297. The summed E-state index contributed by atoms with van der Waals surface area (Å²) >= 11 is 0. The molecule has 0 saturated carbocycles. The van der Waals surface area contributed by atoms with Gasteiger partial charge < -0.3 is 14.2 Å². The number of amides is 1. The normalized spacial score (nSPS) is 21.3. The van der Waals surface area contributed by atoms with E-state index in [9.17, 15) is 9.18 Å². The number of hydrogen-bond acceptors (Lipinski definition) is 5. The number of benzene rings is 1. The lowest BCUT2D eigenvalue weighted by atomic mass is 9.99. The van der Waals surface area contributed by atoms with Gasteiger partial charge in [0.2, 0.25) is 5.91 Å². The standard InChI is InChI=1S/C19H22FN3O3/c20-16-3-1-14(2-4-16)18-21-17(22-26-18)11-13-5-8-23(12-13)19(24)15-6-9-25-10-7-15/h1-4,13,15H,5-12H2. The molecule has 3 heterocycles. The molecule has 26 heavy (non-hydrogen) atoms. The van der Waals surface area contributed by atoms with Gasteiger partial charge in [0.25, 0.3) is 5.89 Å². The van der Waals surface area contributed by atoms with E-state index in [1.165, 1.54) is 12.1 Å². The molecule has 1 amide bonds. The maximum absolute atomic E-state index is 13.0. The molecule has 6 nitrogen and oxygen atoms in total. The second-order valence-corrected chi connectivity index (χ2v) is 7.05. The molecule has 7 heteroatoms. The van der Waals surface area contributed by atoms with Crippen LogP contribution in [0.25, 0.3) is 11.5 Å². The van der Waals surface area contributed by atoms with E-state index in [0.717, 1.165) is 32.4 Å². The molecule has 0 radical (unpaired) electrons. The van der Waals surface area contributed by atoms with E-state index in [2.05, 4.69) is 10.1 Å². The van der Waals surface area contributed by atoms with Crippen molar-refractivity contribution in [1.29, 1.82) is 0 Å². The molecule has 1 aromatic heterocycles. The average Bonchev–Trinajstić information content (AvgIpc) is 3.33. The van der Waals surface area contributed by atoms with E-state index in [-0.39, 0.29) is 17.6 Å². The SMILES string of the molecule is O=C(C1CCOCC1)N1CCC(Cc2noc(-c3ccc(F)cc3)n2)C1. The van der Waals surface area contributed by atoms with Gasteiger partial charge in [0.15, 0.2) is 5.82 Å². The average molecular weight is 359 g/mol. The molecular weight excluding hydrogens is 337 g/mol. The van der Waals surface area contributed by atoms with Crippen LogP contribution in [0.2, 0.25) is 0 Å². The first-order valence-corrected chi connectivity index (χ1v) is 9.14. The predicted octanol–water partition coefficient (Wildman–Crippen LogP) is 2.69. The Morgan fingerprint density at radius 2 is 1.96 bits per heavy atom. The van der Waals surface area contributed by atoms with E-state index in [4.69, 9.17) is 9.26 Å². The molecule has 0 spiro atoms. The summed E-state index contributed by atoms with van der Waals surface area (Å²) < 4.78 is 23.6. The minimum absolute atomic E-state index is 0.109. The summed E-state index contributed by atoms with van der Waals surface area (Å²) in [5.74, 6) is 1.45. The second kappa shape index (κ2) is 7.53. The van der Waals surface area contributed by atoms with Crippen LogP contribution in [-0.4, -0.2) is 47.3 Å². The summed E-state index contributed by atoms with van der Waals surface area (Å²) in [6, 6.07) is 5.99. The maximum Gasteiger partial charge on any atom is 0.257 e. The molecule has 2 aromatic rings. The Morgan fingerprint density at radius 1 is 1.19 bits per heavy atom. The fourth-order valence-corrected chi connectivity index (χ4v) is 3.71. The van der Waals surface area contributed by atoms with Crippen LogP contribution in [0, 0.1) is 17.7 Å². The Labute approximate surface area is 151 Å². The zero-order valence-corrected chi connectivity index (χ0v) is 14.6. The Bertz CT molecular complexity index is 756. The molecule has 2 aliphatic heterocycles. The molecule has 1 atom stereocenters. The highest BCUT2D eigenvalue weighted by Gasteiger charge is 2.32. The number of carbonyl (C=O) groups is 1. The fourth-order valence-electron chi connectivity index (χ4n) is 3.71. The van der Waals surface area contributed by atoms with Gasteiger partial charge in [-0.15, -0.1) is 0 Å². The topological polar surface area (TPSA) is 68.5 Å². The molecular formula is C19H22FN3O3.